The van der Waals surface area contributed by atoms with Crippen LogP contribution < -0.4 is 10.6 Å². The normalized spacial score (nSPS) is 15.8. The van der Waals surface area contributed by atoms with Crippen molar-refractivity contribution >= 4 is 62.3 Å². The Hall–Kier alpha value is -0.880. The minimum atomic E-state index is 0.0631. The van der Waals surface area contributed by atoms with Crippen LogP contribution in [0.25, 0.3) is 0 Å². The number of nitrogens with one attached hydrogen (secondary N) is 2. The Morgan fingerprint density at radius 1 is 1.24 bits per heavy atom. The number of halogens is 3. The number of hydrogen-bond donors (Lipinski definition) is 2. The van der Waals surface area contributed by atoms with Crippen molar-refractivity contribution in [3.63, 3.8) is 0 Å². The second-order valence-corrected chi connectivity index (χ2v) is 8.46. The number of aromatic nitrogens is 1. The average molecular weight is 459 g/mol. The lowest BCUT2D eigenvalue weighted by molar-refractivity contribution is 0.435. The van der Waals surface area contributed by atoms with Gasteiger partial charge in [0, 0.05) is 27.7 Å². The molecule has 0 atom stereocenters. The Kier molecular flexibility index (Phi) is 6.21. The highest BCUT2D eigenvalue weighted by Crippen LogP contribution is 2.41. The van der Waals surface area contributed by atoms with Gasteiger partial charge in [-0.15, -0.1) is 0 Å². The molecule has 0 bridgehead atoms. The molecule has 25 heavy (non-hydrogen) atoms. The molecule has 0 unspecified atom stereocenters. The summed E-state index contributed by atoms with van der Waals surface area (Å²) in [7, 11) is 0. The van der Waals surface area contributed by atoms with Gasteiger partial charge in [-0.05, 0) is 64.8 Å². The molecular weight excluding hydrogens is 441 g/mol. The molecule has 2 N–H and O–H groups in total. The zero-order valence-electron chi connectivity index (χ0n) is 13.5. The lowest BCUT2D eigenvalue weighted by atomic mass is 9.79. The molecule has 1 aromatic carbocycles. The summed E-state index contributed by atoms with van der Waals surface area (Å²) < 4.78 is 0.827. The fraction of sp³-hybridized carbons (Fsp3) is 0.333. The van der Waals surface area contributed by atoms with Crippen molar-refractivity contribution in [2.75, 3.05) is 11.9 Å². The monoisotopic (exact) mass is 457 g/mol. The quantitative estimate of drug-likeness (QED) is 0.555. The van der Waals surface area contributed by atoms with Gasteiger partial charge < -0.3 is 10.6 Å². The Balaban J connectivity index is 1.68. The number of pyridine rings is 1. The van der Waals surface area contributed by atoms with E-state index in [9.17, 15) is 0 Å². The summed E-state index contributed by atoms with van der Waals surface area (Å²) in [4.78, 5) is 4.25. The number of thiocarbonyl (C=S) groups is 1. The third-order valence-corrected chi connectivity index (χ3v) is 5.83. The number of hydrogen-bond acceptors (Lipinski definition) is 2. The molecule has 1 aliphatic carbocycles. The summed E-state index contributed by atoms with van der Waals surface area (Å²) in [5.74, 6) is 0.547. The van der Waals surface area contributed by atoms with Crippen LogP contribution in [0.3, 0.4) is 0 Å². The maximum absolute atomic E-state index is 6.20. The van der Waals surface area contributed by atoms with E-state index in [0.29, 0.717) is 16.0 Å². The molecule has 1 saturated carbocycles. The summed E-state index contributed by atoms with van der Waals surface area (Å²) in [6, 6.07) is 9.93. The minimum absolute atomic E-state index is 0.0631. The Bertz CT molecular complexity index is 779. The van der Waals surface area contributed by atoms with Gasteiger partial charge in [-0.1, -0.05) is 48.2 Å². The van der Waals surface area contributed by atoms with E-state index in [-0.39, 0.29) is 5.41 Å². The highest BCUT2D eigenvalue weighted by Gasteiger charge is 2.35. The van der Waals surface area contributed by atoms with E-state index in [0.717, 1.165) is 28.9 Å². The summed E-state index contributed by atoms with van der Waals surface area (Å²) in [6.45, 7) is 0.757. The molecule has 0 saturated heterocycles. The first-order valence-electron chi connectivity index (χ1n) is 8.10. The minimum Gasteiger partial charge on any atom is -0.362 e. The molecule has 0 radical (unpaired) electrons. The van der Waals surface area contributed by atoms with Crippen molar-refractivity contribution in [2.45, 2.75) is 31.1 Å². The van der Waals surface area contributed by atoms with Crippen LogP contribution in [0, 0.1) is 0 Å². The van der Waals surface area contributed by atoms with Crippen molar-refractivity contribution in [3.8, 4) is 0 Å². The molecule has 0 amide bonds. The maximum atomic E-state index is 6.20. The topological polar surface area (TPSA) is 37.0 Å². The predicted octanol–water partition coefficient (Wildman–Crippen LogP) is 5.95. The van der Waals surface area contributed by atoms with E-state index in [1.165, 1.54) is 18.4 Å². The molecule has 3 nitrogen and oxygen atoms in total. The summed E-state index contributed by atoms with van der Waals surface area (Å²) in [6.07, 6.45) is 6.37. The molecule has 0 spiro atoms. The van der Waals surface area contributed by atoms with Crippen molar-refractivity contribution in [1.82, 2.24) is 10.3 Å². The number of benzene rings is 1. The number of rotatable bonds is 4. The molecule has 0 aliphatic heterocycles. The molecule has 1 fully saturated rings. The Labute approximate surface area is 171 Å². The van der Waals surface area contributed by atoms with Crippen molar-refractivity contribution in [3.05, 3.63) is 56.6 Å². The van der Waals surface area contributed by atoms with E-state index >= 15 is 0 Å². The molecule has 1 aromatic heterocycles. The van der Waals surface area contributed by atoms with Gasteiger partial charge in [0.05, 0.1) is 5.02 Å². The maximum Gasteiger partial charge on any atom is 0.172 e. The average Bonchev–Trinajstić information content (AvgIpc) is 3.06. The zero-order valence-corrected chi connectivity index (χ0v) is 17.4. The van der Waals surface area contributed by atoms with Crippen molar-refractivity contribution in [2.24, 2.45) is 0 Å². The molecular formula is C18H18BrCl2N3S. The van der Waals surface area contributed by atoms with Crippen LogP contribution >= 0.6 is 51.3 Å². The Morgan fingerprint density at radius 3 is 2.68 bits per heavy atom. The largest absolute Gasteiger partial charge is 0.362 e. The van der Waals surface area contributed by atoms with Crippen LogP contribution in [0.2, 0.25) is 10.0 Å². The van der Waals surface area contributed by atoms with E-state index in [1.54, 1.807) is 12.3 Å². The summed E-state index contributed by atoms with van der Waals surface area (Å²) in [5.41, 5.74) is 1.33. The molecule has 1 heterocycles. The van der Waals surface area contributed by atoms with Crippen molar-refractivity contribution < 1.29 is 0 Å². The highest BCUT2D eigenvalue weighted by molar-refractivity contribution is 9.10. The van der Waals surface area contributed by atoms with E-state index in [4.69, 9.17) is 35.4 Å². The Morgan fingerprint density at radius 2 is 2.00 bits per heavy atom. The second-order valence-electron chi connectivity index (χ2n) is 6.29. The lowest BCUT2D eigenvalue weighted by Crippen LogP contribution is -2.40. The van der Waals surface area contributed by atoms with Gasteiger partial charge in [-0.2, -0.15) is 0 Å². The van der Waals surface area contributed by atoms with E-state index in [1.807, 2.05) is 12.1 Å². The molecule has 1 aliphatic rings. The summed E-state index contributed by atoms with van der Waals surface area (Å²) in [5, 5.41) is 8.22. The van der Waals surface area contributed by atoms with Crippen LogP contribution in [0.5, 0.6) is 0 Å². The van der Waals surface area contributed by atoms with Gasteiger partial charge in [-0.25, -0.2) is 4.98 Å². The first kappa shape index (κ1) is 18.9. The van der Waals surface area contributed by atoms with E-state index < -0.39 is 0 Å². The van der Waals surface area contributed by atoms with Gasteiger partial charge in [0.1, 0.15) is 0 Å². The number of nitrogens with zero attached hydrogens (tertiary/aromatic N) is 1. The van der Waals surface area contributed by atoms with Crippen molar-refractivity contribution in [1.29, 1.82) is 0 Å². The predicted molar refractivity (Wildman–Crippen MR) is 113 cm³/mol. The first-order valence-corrected chi connectivity index (χ1v) is 10.1. The fourth-order valence-corrected chi connectivity index (χ4v) is 4.38. The van der Waals surface area contributed by atoms with Crippen LogP contribution in [0.1, 0.15) is 31.2 Å². The SMILES string of the molecule is S=C(NCC1(c2cccc(Cl)c2)CCCC1)Nc1ncc(Br)cc1Cl. The molecule has 7 heteroatoms. The van der Waals surface area contributed by atoms with Crippen LogP contribution in [-0.2, 0) is 5.41 Å². The van der Waals surface area contributed by atoms with Gasteiger partial charge >= 0.3 is 0 Å². The van der Waals surface area contributed by atoms with Gasteiger partial charge in [0.2, 0.25) is 0 Å². The van der Waals surface area contributed by atoms with Crippen LogP contribution in [0.4, 0.5) is 5.82 Å². The third-order valence-electron chi connectivity index (χ3n) is 4.62. The standard InChI is InChI=1S/C18H18BrCl2N3S/c19-13-9-15(21)16(22-10-13)24-17(25)23-11-18(6-1-2-7-18)12-4-3-5-14(20)8-12/h3-5,8-10H,1-2,6-7,11H2,(H2,22,23,24,25). The van der Waals surface area contributed by atoms with E-state index in [2.05, 4.69) is 43.7 Å². The van der Waals surface area contributed by atoms with Crippen LogP contribution in [0.15, 0.2) is 41.0 Å². The first-order chi connectivity index (χ1) is 12.0. The zero-order chi connectivity index (χ0) is 17.9. The van der Waals surface area contributed by atoms with Gasteiger partial charge in [-0.3, -0.25) is 0 Å². The lowest BCUT2D eigenvalue weighted by Gasteiger charge is -2.30. The highest BCUT2D eigenvalue weighted by atomic mass is 79.9. The number of anilines is 1. The smallest absolute Gasteiger partial charge is 0.172 e. The van der Waals surface area contributed by atoms with Gasteiger partial charge in [0.15, 0.2) is 10.9 Å². The molecule has 3 rings (SSSR count). The fourth-order valence-electron chi connectivity index (χ4n) is 3.35. The van der Waals surface area contributed by atoms with Gasteiger partial charge in [0.25, 0.3) is 0 Å². The van der Waals surface area contributed by atoms with Crippen LogP contribution in [-0.4, -0.2) is 16.6 Å². The molecule has 132 valence electrons. The second kappa shape index (κ2) is 8.21. The third kappa shape index (κ3) is 4.64. The summed E-state index contributed by atoms with van der Waals surface area (Å²) >= 11 is 21.2. The molecule has 2 aromatic rings.